The molecule has 0 amide bonds. The van der Waals surface area contributed by atoms with Gasteiger partial charge in [-0.2, -0.15) is 23.7 Å². The van der Waals surface area contributed by atoms with Crippen LogP contribution < -0.4 is 0 Å². The standard InChI is InChI=1S/C11H9F4N3O/c12-5-9-3-8(18-19-9)4-10(6-16,7-17)1-2-11(13,14)15/h3H,1-2,4-5H2. The molecule has 0 saturated carbocycles. The normalized spacial score (nSPS) is 11.9. The summed E-state index contributed by atoms with van der Waals surface area (Å²) in [4.78, 5) is 0. The molecule has 102 valence electrons. The van der Waals surface area contributed by atoms with Crippen LogP contribution in [0.2, 0.25) is 0 Å². The molecule has 4 nitrogen and oxygen atoms in total. The maximum absolute atomic E-state index is 12.2. The predicted molar refractivity (Wildman–Crippen MR) is 54.0 cm³/mol. The molecule has 1 heterocycles. The zero-order valence-electron chi connectivity index (χ0n) is 9.67. The average Bonchev–Trinajstić information content (AvgIpc) is 2.81. The molecular formula is C11H9F4N3O. The van der Waals surface area contributed by atoms with Crippen molar-refractivity contribution in [3.05, 3.63) is 17.5 Å². The summed E-state index contributed by atoms with van der Waals surface area (Å²) in [5.74, 6) is -0.101. The Hall–Kier alpha value is -2.09. The maximum Gasteiger partial charge on any atom is 0.389 e. The molecule has 1 aromatic heterocycles. The zero-order chi connectivity index (χ0) is 14.5. The Morgan fingerprint density at radius 1 is 1.21 bits per heavy atom. The second kappa shape index (κ2) is 5.70. The highest BCUT2D eigenvalue weighted by Crippen LogP contribution is 2.33. The Balaban J connectivity index is 2.83. The first kappa shape index (κ1) is 15.0. The quantitative estimate of drug-likeness (QED) is 0.774. The van der Waals surface area contributed by atoms with Gasteiger partial charge in [0.1, 0.15) is 12.1 Å². The molecule has 0 aromatic carbocycles. The third kappa shape index (κ3) is 4.25. The van der Waals surface area contributed by atoms with Gasteiger partial charge in [-0.3, -0.25) is 0 Å². The molecule has 0 atom stereocenters. The monoisotopic (exact) mass is 275 g/mol. The van der Waals surface area contributed by atoms with Crippen LogP contribution in [0.3, 0.4) is 0 Å². The van der Waals surface area contributed by atoms with Gasteiger partial charge in [0.25, 0.3) is 0 Å². The van der Waals surface area contributed by atoms with Crippen LogP contribution in [0.15, 0.2) is 10.6 Å². The van der Waals surface area contributed by atoms with Gasteiger partial charge >= 0.3 is 6.18 Å². The summed E-state index contributed by atoms with van der Waals surface area (Å²) < 4.78 is 53.2. The van der Waals surface area contributed by atoms with Gasteiger partial charge in [-0.15, -0.1) is 0 Å². The first-order chi connectivity index (χ1) is 8.84. The number of nitriles is 2. The van der Waals surface area contributed by atoms with Crippen LogP contribution in [0.4, 0.5) is 17.6 Å². The van der Waals surface area contributed by atoms with E-state index in [1.54, 1.807) is 12.1 Å². The minimum absolute atomic E-state index is 0.0814. The number of hydrogen-bond donors (Lipinski definition) is 0. The lowest BCUT2D eigenvalue weighted by molar-refractivity contribution is -0.138. The second-order valence-electron chi connectivity index (χ2n) is 4.02. The van der Waals surface area contributed by atoms with Crippen molar-refractivity contribution in [3.8, 4) is 12.1 Å². The van der Waals surface area contributed by atoms with Crippen LogP contribution in [0.1, 0.15) is 24.3 Å². The lowest BCUT2D eigenvalue weighted by Gasteiger charge is -2.17. The first-order valence-electron chi connectivity index (χ1n) is 5.24. The van der Waals surface area contributed by atoms with E-state index in [4.69, 9.17) is 10.5 Å². The SMILES string of the molecule is N#CC(C#N)(CCC(F)(F)F)Cc1cc(CF)on1. The van der Waals surface area contributed by atoms with Crippen LogP contribution in [0.5, 0.6) is 0 Å². The smallest absolute Gasteiger partial charge is 0.358 e. The number of alkyl halides is 4. The summed E-state index contributed by atoms with van der Waals surface area (Å²) in [6.45, 7) is -0.915. The van der Waals surface area contributed by atoms with Gasteiger partial charge in [0, 0.05) is 18.9 Å². The molecule has 0 fully saturated rings. The summed E-state index contributed by atoms with van der Waals surface area (Å²) >= 11 is 0. The molecule has 0 unspecified atom stereocenters. The molecule has 8 heteroatoms. The van der Waals surface area contributed by atoms with Crippen LogP contribution in [-0.2, 0) is 13.1 Å². The highest BCUT2D eigenvalue weighted by molar-refractivity contribution is 5.20. The fraction of sp³-hybridized carbons (Fsp3) is 0.545. The number of rotatable bonds is 5. The van der Waals surface area contributed by atoms with Crippen molar-refractivity contribution in [2.75, 3.05) is 0 Å². The van der Waals surface area contributed by atoms with Crippen molar-refractivity contribution in [3.63, 3.8) is 0 Å². The third-order valence-electron chi connectivity index (χ3n) is 2.49. The van der Waals surface area contributed by atoms with Crippen molar-refractivity contribution in [2.24, 2.45) is 5.41 Å². The summed E-state index contributed by atoms with van der Waals surface area (Å²) in [5.41, 5.74) is -1.77. The molecule has 0 N–H and O–H groups in total. The van der Waals surface area contributed by atoms with E-state index < -0.39 is 31.1 Å². The highest BCUT2D eigenvalue weighted by Gasteiger charge is 2.37. The number of nitrogens with zero attached hydrogens (tertiary/aromatic N) is 3. The summed E-state index contributed by atoms with van der Waals surface area (Å²) in [6, 6.07) is 4.33. The largest absolute Gasteiger partial charge is 0.389 e. The van der Waals surface area contributed by atoms with E-state index in [-0.39, 0.29) is 17.9 Å². The molecular weight excluding hydrogens is 266 g/mol. The molecule has 0 saturated heterocycles. The summed E-state index contributed by atoms with van der Waals surface area (Å²) in [6.07, 6.45) is -6.70. The fourth-order valence-corrected chi connectivity index (χ4v) is 1.47. The summed E-state index contributed by atoms with van der Waals surface area (Å²) in [5, 5.41) is 21.3. The lowest BCUT2D eigenvalue weighted by atomic mass is 9.82. The van der Waals surface area contributed by atoms with Gasteiger partial charge in [0.05, 0.1) is 17.8 Å². The molecule has 1 rings (SSSR count). The van der Waals surface area contributed by atoms with Crippen LogP contribution >= 0.6 is 0 Å². The van der Waals surface area contributed by atoms with Gasteiger partial charge in [-0.05, 0) is 6.42 Å². The zero-order valence-corrected chi connectivity index (χ0v) is 9.67. The molecule has 0 aliphatic rings. The Kier molecular flexibility index (Phi) is 4.49. The molecule has 1 aromatic rings. The van der Waals surface area contributed by atoms with E-state index in [0.29, 0.717) is 0 Å². The second-order valence-corrected chi connectivity index (χ2v) is 4.02. The topological polar surface area (TPSA) is 73.6 Å². The lowest BCUT2D eigenvalue weighted by Crippen LogP contribution is -2.23. The van der Waals surface area contributed by atoms with Crippen molar-refractivity contribution in [2.45, 2.75) is 32.1 Å². The average molecular weight is 275 g/mol. The van der Waals surface area contributed by atoms with Gasteiger partial charge in [-0.1, -0.05) is 5.16 Å². The Bertz CT molecular complexity index is 495. The van der Waals surface area contributed by atoms with E-state index in [0.717, 1.165) is 0 Å². The van der Waals surface area contributed by atoms with Crippen LogP contribution in [0, 0.1) is 28.1 Å². The van der Waals surface area contributed by atoms with Crippen molar-refractivity contribution >= 4 is 0 Å². The third-order valence-corrected chi connectivity index (χ3v) is 2.49. The fourth-order valence-electron chi connectivity index (χ4n) is 1.47. The summed E-state index contributed by atoms with van der Waals surface area (Å²) in [7, 11) is 0. The highest BCUT2D eigenvalue weighted by atomic mass is 19.4. The van der Waals surface area contributed by atoms with E-state index >= 15 is 0 Å². The minimum atomic E-state index is -4.45. The van der Waals surface area contributed by atoms with Crippen molar-refractivity contribution in [1.29, 1.82) is 10.5 Å². The first-order valence-corrected chi connectivity index (χ1v) is 5.24. The van der Waals surface area contributed by atoms with Gasteiger partial charge < -0.3 is 4.52 Å². The van der Waals surface area contributed by atoms with E-state index in [2.05, 4.69) is 9.68 Å². The van der Waals surface area contributed by atoms with Gasteiger partial charge in [-0.25, -0.2) is 4.39 Å². The molecule has 0 bridgehead atoms. The van der Waals surface area contributed by atoms with Crippen molar-refractivity contribution < 1.29 is 22.1 Å². The molecule has 19 heavy (non-hydrogen) atoms. The predicted octanol–water partition coefficient (Wildman–Crippen LogP) is 3.06. The Morgan fingerprint density at radius 2 is 1.84 bits per heavy atom. The van der Waals surface area contributed by atoms with E-state index in [1.807, 2.05) is 0 Å². The van der Waals surface area contributed by atoms with Crippen LogP contribution in [-0.4, -0.2) is 11.3 Å². The maximum atomic E-state index is 12.2. The molecule has 0 spiro atoms. The van der Waals surface area contributed by atoms with Crippen molar-refractivity contribution in [1.82, 2.24) is 5.16 Å². The van der Waals surface area contributed by atoms with Gasteiger partial charge in [0.2, 0.25) is 0 Å². The Morgan fingerprint density at radius 3 is 2.26 bits per heavy atom. The molecule has 0 aliphatic carbocycles. The molecule has 0 radical (unpaired) electrons. The minimum Gasteiger partial charge on any atom is -0.358 e. The van der Waals surface area contributed by atoms with E-state index in [1.165, 1.54) is 6.07 Å². The number of aromatic nitrogens is 1. The number of halogens is 4. The van der Waals surface area contributed by atoms with Crippen LogP contribution in [0.25, 0.3) is 0 Å². The molecule has 0 aliphatic heterocycles. The van der Waals surface area contributed by atoms with E-state index in [9.17, 15) is 17.6 Å². The van der Waals surface area contributed by atoms with Gasteiger partial charge in [0.15, 0.2) is 5.76 Å². The Labute approximate surface area is 106 Å². The number of hydrogen-bond acceptors (Lipinski definition) is 4.